The number of ether oxygens (including phenoxy) is 1. The lowest BCUT2D eigenvalue weighted by atomic mass is 10.1. The molecule has 1 aliphatic carbocycles. The fraction of sp³-hybridized carbons (Fsp3) is 0.500. The number of carbonyl (C=O) groups excluding carboxylic acids is 1. The number of hydrogen-bond acceptors (Lipinski definition) is 4. The van der Waals surface area contributed by atoms with Gasteiger partial charge in [-0.3, -0.25) is 0 Å². The number of hydrogen-bond donors (Lipinski definition) is 2. The molecule has 1 aromatic carbocycles. The van der Waals surface area contributed by atoms with E-state index < -0.39 is 0 Å². The normalized spacial score (nSPS) is 21.4. The molecule has 1 aromatic rings. The molecule has 0 aromatic heterocycles. The smallest absolute Gasteiger partial charge is 0.340 e. The molecule has 1 aliphatic rings. The fourth-order valence-electron chi connectivity index (χ4n) is 1.98. The minimum absolute atomic E-state index is 0.357. The Morgan fingerprint density at radius 3 is 2.89 bits per heavy atom. The predicted octanol–water partition coefficient (Wildman–Crippen LogP) is 2.51. The van der Waals surface area contributed by atoms with Gasteiger partial charge in [0.15, 0.2) is 0 Å². The summed E-state index contributed by atoms with van der Waals surface area (Å²) in [6.45, 7) is 5.34. The number of esters is 1. The van der Waals surface area contributed by atoms with Gasteiger partial charge in [0.2, 0.25) is 0 Å². The van der Waals surface area contributed by atoms with Crippen molar-refractivity contribution in [3.63, 3.8) is 0 Å². The summed E-state index contributed by atoms with van der Waals surface area (Å²) in [6, 6.07) is 5.40. The maximum atomic E-state index is 11.7. The summed E-state index contributed by atoms with van der Waals surface area (Å²) in [7, 11) is 0. The quantitative estimate of drug-likeness (QED) is 0.620. The lowest BCUT2D eigenvalue weighted by Gasteiger charge is -2.10. The van der Waals surface area contributed by atoms with Crippen molar-refractivity contribution in [2.45, 2.75) is 20.3 Å². The molecule has 4 heteroatoms. The maximum Gasteiger partial charge on any atom is 0.340 e. The molecule has 0 aliphatic heterocycles. The third kappa shape index (κ3) is 2.94. The van der Waals surface area contributed by atoms with Crippen molar-refractivity contribution in [3.05, 3.63) is 23.8 Å². The number of anilines is 2. The molecule has 2 atom stereocenters. The molecule has 0 spiro atoms. The van der Waals surface area contributed by atoms with Crippen LogP contribution in [0.4, 0.5) is 11.4 Å². The van der Waals surface area contributed by atoms with Crippen LogP contribution in [0.15, 0.2) is 18.2 Å². The highest BCUT2D eigenvalue weighted by Gasteiger charge is 2.31. The first kappa shape index (κ1) is 12.7. The second-order valence-electron chi connectivity index (χ2n) is 4.88. The fourth-order valence-corrected chi connectivity index (χ4v) is 1.98. The standard InChI is InChI=1S/C14H20N2O2/c1-3-18-14(17)12-7-11(4-5-13(12)15)16-8-10-6-9(10)2/h4-5,7,9-10,16H,3,6,8,15H2,1-2H3. The van der Waals surface area contributed by atoms with E-state index in [0.29, 0.717) is 17.9 Å². The molecule has 98 valence electrons. The average Bonchev–Trinajstić information content (AvgIpc) is 3.04. The van der Waals surface area contributed by atoms with Gasteiger partial charge in [-0.25, -0.2) is 4.79 Å². The van der Waals surface area contributed by atoms with E-state index in [1.165, 1.54) is 6.42 Å². The zero-order chi connectivity index (χ0) is 13.1. The first-order valence-electron chi connectivity index (χ1n) is 6.42. The van der Waals surface area contributed by atoms with Crippen LogP contribution in [0.5, 0.6) is 0 Å². The third-order valence-corrected chi connectivity index (χ3v) is 3.39. The first-order chi connectivity index (χ1) is 8.61. The van der Waals surface area contributed by atoms with E-state index in [2.05, 4.69) is 12.2 Å². The topological polar surface area (TPSA) is 64.3 Å². The zero-order valence-electron chi connectivity index (χ0n) is 10.9. The van der Waals surface area contributed by atoms with Crippen LogP contribution < -0.4 is 11.1 Å². The van der Waals surface area contributed by atoms with E-state index in [4.69, 9.17) is 10.5 Å². The molecule has 1 fully saturated rings. The van der Waals surface area contributed by atoms with E-state index in [9.17, 15) is 4.79 Å². The summed E-state index contributed by atoms with van der Waals surface area (Å²) < 4.78 is 4.97. The molecule has 1 saturated carbocycles. The van der Waals surface area contributed by atoms with Gasteiger partial charge in [-0.15, -0.1) is 0 Å². The van der Waals surface area contributed by atoms with Gasteiger partial charge in [0.25, 0.3) is 0 Å². The summed E-state index contributed by atoms with van der Waals surface area (Å²) in [6.07, 6.45) is 1.28. The number of carbonyl (C=O) groups is 1. The molecule has 18 heavy (non-hydrogen) atoms. The van der Waals surface area contributed by atoms with Crippen LogP contribution in [0.3, 0.4) is 0 Å². The monoisotopic (exact) mass is 248 g/mol. The second kappa shape index (κ2) is 5.29. The Hall–Kier alpha value is -1.71. The SMILES string of the molecule is CCOC(=O)c1cc(NCC2CC2C)ccc1N. The lowest BCUT2D eigenvalue weighted by Crippen LogP contribution is -2.10. The number of nitrogens with two attached hydrogens (primary N) is 1. The largest absolute Gasteiger partial charge is 0.462 e. The van der Waals surface area contributed by atoms with Crippen LogP contribution in [-0.4, -0.2) is 19.1 Å². The van der Waals surface area contributed by atoms with Gasteiger partial charge in [-0.05, 0) is 43.4 Å². The van der Waals surface area contributed by atoms with Gasteiger partial charge in [0.05, 0.1) is 12.2 Å². The Labute approximate surface area is 108 Å². The third-order valence-electron chi connectivity index (χ3n) is 3.39. The lowest BCUT2D eigenvalue weighted by molar-refractivity contribution is 0.0527. The molecule has 0 heterocycles. The molecular weight excluding hydrogens is 228 g/mol. The van der Waals surface area contributed by atoms with Gasteiger partial charge in [0, 0.05) is 17.9 Å². The van der Waals surface area contributed by atoms with Crippen molar-refractivity contribution < 1.29 is 9.53 Å². The van der Waals surface area contributed by atoms with Crippen molar-refractivity contribution >= 4 is 17.3 Å². The molecule has 0 amide bonds. The van der Waals surface area contributed by atoms with Crippen LogP contribution >= 0.6 is 0 Å². The molecule has 4 nitrogen and oxygen atoms in total. The maximum absolute atomic E-state index is 11.7. The van der Waals surface area contributed by atoms with Crippen LogP contribution in [0, 0.1) is 11.8 Å². The molecule has 3 N–H and O–H groups in total. The molecule has 2 unspecified atom stereocenters. The Bertz CT molecular complexity index is 445. The Morgan fingerprint density at radius 1 is 1.56 bits per heavy atom. The molecular formula is C14H20N2O2. The highest BCUT2D eigenvalue weighted by Crippen LogP contribution is 2.37. The minimum atomic E-state index is -0.363. The Kier molecular flexibility index (Phi) is 3.75. The van der Waals surface area contributed by atoms with Crippen LogP contribution in [0.25, 0.3) is 0 Å². The highest BCUT2D eigenvalue weighted by molar-refractivity contribution is 5.96. The summed E-state index contributed by atoms with van der Waals surface area (Å²) in [5, 5.41) is 3.34. The van der Waals surface area contributed by atoms with Crippen LogP contribution in [0.2, 0.25) is 0 Å². The number of rotatable bonds is 5. The number of benzene rings is 1. The Morgan fingerprint density at radius 2 is 2.28 bits per heavy atom. The molecule has 0 saturated heterocycles. The van der Waals surface area contributed by atoms with Gasteiger partial charge < -0.3 is 15.8 Å². The summed E-state index contributed by atoms with van der Waals surface area (Å²) in [5.41, 5.74) is 7.60. The number of nitrogen functional groups attached to an aromatic ring is 1. The van der Waals surface area contributed by atoms with Gasteiger partial charge >= 0.3 is 5.97 Å². The van der Waals surface area contributed by atoms with Crippen molar-refractivity contribution in [3.8, 4) is 0 Å². The van der Waals surface area contributed by atoms with E-state index in [1.807, 2.05) is 6.07 Å². The van der Waals surface area contributed by atoms with Gasteiger partial charge in [0.1, 0.15) is 0 Å². The minimum Gasteiger partial charge on any atom is -0.462 e. The van der Waals surface area contributed by atoms with E-state index in [1.54, 1.807) is 19.1 Å². The molecule has 2 rings (SSSR count). The average molecular weight is 248 g/mol. The predicted molar refractivity (Wildman–Crippen MR) is 72.6 cm³/mol. The van der Waals surface area contributed by atoms with Gasteiger partial charge in [-0.1, -0.05) is 6.92 Å². The number of nitrogens with one attached hydrogen (secondary N) is 1. The van der Waals surface area contributed by atoms with Crippen molar-refractivity contribution in [2.24, 2.45) is 11.8 Å². The molecule has 0 radical (unpaired) electrons. The highest BCUT2D eigenvalue weighted by atomic mass is 16.5. The van der Waals surface area contributed by atoms with E-state index in [-0.39, 0.29) is 5.97 Å². The van der Waals surface area contributed by atoms with Crippen LogP contribution in [-0.2, 0) is 4.74 Å². The van der Waals surface area contributed by atoms with Crippen molar-refractivity contribution in [1.29, 1.82) is 0 Å². The zero-order valence-corrected chi connectivity index (χ0v) is 10.9. The molecule has 0 bridgehead atoms. The van der Waals surface area contributed by atoms with Crippen molar-refractivity contribution in [2.75, 3.05) is 24.2 Å². The van der Waals surface area contributed by atoms with Crippen molar-refractivity contribution in [1.82, 2.24) is 0 Å². The summed E-state index contributed by atoms with van der Waals surface area (Å²) in [4.78, 5) is 11.7. The second-order valence-corrected chi connectivity index (χ2v) is 4.88. The summed E-state index contributed by atoms with van der Waals surface area (Å²) in [5.74, 6) is 1.21. The summed E-state index contributed by atoms with van der Waals surface area (Å²) >= 11 is 0. The van der Waals surface area contributed by atoms with Gasteiger partial charge in [-0.2, -0.15) is 0 Å². The Balaban J connectivity index is 2.03. The first-order valence-corrected chi connectivity index (χ1v) is 6.42. The van der Waals surface area contributed by atoms with E-state index >= 15 is 0 Å². The van der Waals surface area contributed by atoms with E-state index in [0.717, 1.165) is 24.1 Å². The van der Waals surface area contributed by atoms with Crippen LogP contribution in [0.1, 0.15) is 30.6 Å².